The smallest absolute Gasteiger partial charge is 0.260 e. The molecule has 4 saturated carbocycles. The van der Waals surface area contributed by atoms with Crippen LogP contribution >= 0.6 is 0 Å². The molecule has 1 nitrogen and oxygen atoms in total. The Morgan fingerprint density at radius 2 is 1.58 bits per heavy atom. The molecule has 0 spiro atoms. The van der Waals surface area contributed by atoms with Gasteiger partial charge >= 0.3 is 0 Å². The van der Waals surface area contributed by atoms with Gasteiger partial charge < -0.3 is 5.32 Å². The third kappa shape index (κ3) is 2.55. The third-order valence-corrected chi connectivity index (χ3v) is 6.19. The molecule has 110 valence electrons. The summed E-state index contributed by atoms with van der Waals surface area (Å²) in [6, 6.07) is 0.248. The number of nitrogens with one attached hydrogen (secondary N) is 1. The molecule has 0 heterocycles. The first-order chi connectivity index (χ1) is 8.92. The Balaban J connectivity index is 1.64. The van der Waals surface area contributed by atoms with Gasteiger partial charge in [0.1, 0.15) is 0 Å². The van der Waals surface area contributed by atoms with E-state index < -0.39 is 5.92 Å². The van der Waals surface area contributed by atoms with E-state index >= 15 is 0 Å². The molecule has 0 radical (unpaired) electrons. The monoisotopic (exact) mass is 271 g/mol. The van der Waals surface area contributed by atoms with Gasteiger partial charge in [-0.05, 0) is 68.6 Å². The number of alkyl halides is 2. The van der Waals surface area contributed by atoms with Crippen LogP contribution < -0.4 is 5.32 Å². The lowest BCUT2D eigenvalue weighted by Gasteiger charge is -2.59. The minimum atomic E-state index is -2.55. The molecule has 0 amide bonds. The summed E-state index contributed by atoms with van der Waals surface area (Å²) < 4.78 is 26.8. The zero-order valence-corrected chi connectivity index (χ0v) is 12.2. The van der Waals surface area contributed by atoms with Gasteiger partial charge in [0.05, 0.1) is 6.54 Å². The molecule has 4 fully saturated rings. The average Bonchev–Trinajstić information content (AvgIpc) is 2.34. The van der Waals surface area contributed by atoms with E-state index in [1.165, 1.54) is 38.5 Å². The van der Waals surface area contributed by atoms with Gasteiger partial charge in [0.2, 0.25) is 0 Å². The summed E-state index contributed by atoms with van der Waals surface area (Å²) in [7, 11) is 0. The molecule has 4 aliphatic carbocycles. The fraction of sp³-hybridized carbons (Fsp3) is 1.00. The SMILES string of the molecule is CCC(F)(F)CNC(C)C12CC3CC(CC(C3)C1)C2. The highest BCUT2D eigenvalue weighted by Gasteiger charge is 2.53. The summed E-state index contributed by atoms with van der Waals surface area (Å²) in [5.74, 6) is 0.128. The van der Waals surface area contributed by atoms with Crippen molar-refractivity contribution in [2.24, 2.45) is 23.2 Å². The normalized spacial score (nSPS) is 42.6. The number of halogens is 2. The first-order valence-electron chi connectivity index (χ1n) is 8.04. The third-order valence-electron chi connectivity index (χ3n) is 6.19. The maximum Gasteiger partial charge on any atom is 0.260 e. The van der Waals surface area contributed by atoms with Crippen LogP contribution in [0.1, 0.15) is 58.8 Å². The molecular weight excluding hydrogens is 244 g/mol. The first-order valence-corrected chi connectivity index (χ1v) is 8.04. The van der Waals surface area contributed by atoms with Gasteiger partial charge in [0, 0.05) is 12.5 Å². The molecule has 19 heavy (non-hydrogen) atoms. The van der Waals surface area contributed by atoms with Crippen LogP contribution in [0.25, 0.3) is 0 Å². The predicted molar refractivity (Wildman–Crippen MR) is 73.3 cm³/mol. The summed E-state index contributed by atoms with van der Waals surface area (Å²) in [5.41, 5.74) is 0.332. The predicted octanol–water partition coefficient (Wildman–Crippen LogP) is 4.23. The van der Waals surface area contributed by atoms with Crippen molar-refractivity contribution in [3.63, 3.8) is 0 Å². The highest BCUT2D eigenvalue weighted by atomic mass is 19.3. The van der Waals surface area contributed by atoms with E-state index in [1.807, 2.05) is 0 Å². The molecule has 4 aliphatic rings. The quantitative estimate of drug-likeness (QED) is 0.789. The molecule has 0 aromatic carbocycles. The lowest BCUT2D eigenvalue weighted by Crippen LogP contribution is -2.56. The molecule has 3 heteroatoms. The fourth-order valence-electron chi connectivity index (χ4n) is 5.35. The highest BCUT2D eigenvalue weighted by Crippen LogP contribution is 2.61. The molecule has 0 aromatic heterocycles. The molecule has 0 aliphatic heterocycles. The minimum Gasteiger partial charge on any atom is -0.308 e. The molecule has 0 saturated heterocycles. The minimum absolute atomic E-state index is 0.0619. The van der Waals surface area contributed by atoms with Crippen molar-refractivity contribution in [3.05, 3.63) is 0 Å². The van der Waals surface area contributed by atoms with Gasteiger partial charge in [-0.25, -0.2) is 8.78 Å². The standard InChI is InChI=1S/C16H27F2N/c1-3-16(17,18)10-19-11(2)15-7-12-4-13(8-15)6-14(5-12)9-15/h11-14,19H,3-10H2,1-2H3. The summed E-state index contributed by atoms with van der Waals surface area (Å²) in [4.78, 5) is 0. The molecule has 1 atom stereocenters. The summed E-state index contributed by atoms with van der Waals surface area (Å²) >= 11 is 0. The van der Waals surface area contributed by atoms with Gasteiger partial charge in [0.15, 0.2) is 0 Å². The Morgan fingerprint density at radius 1 is 1.11 bits per heavy atom. The Morgan fingerprint density at radius 3 is 2.00 bits per heavy atom. The van der Waals surface area contributed by atoms with E-state index in [1.54, 1.807) is 6.92 Å². The van der Waals surface area contributed by atoms with Gasteiger partial charge in [-0.15, -0.1) is 0 Å². The second-order valence-electron chi connectivity index (χ2n) is 7.59. The van der Waals surface area contributed by atoms with Crippen LogP contribution in [0.2, 0.25) is 0 Å². The van der Waals surface area contributed by atoms with Crippen LogP contribution in [-0.2, 0) is 0 Å². The van der Waals surface area contributed by atoms with Crippen LogP contribution in [0, 0.1) is 23.2 Å². The van der Waals surface area contributed by atoms with Crippen molar-refractivity contribution in [2.45, 2.75) is 70.8 Å². The molecule has 1 N–H and O–H groups in total. The molecule has 1 unspecified atom stereocenters. The number of hydrogen-bond donors (Lipinski definition) is 1. The van der Waals surface area contributed by atoms with Crippen molar-refractivity contribution in [3.8, 4) is 0 Å². The van der Waals surface area contributed by atoms with Crippen molar-refractivity contribution in [1.29, 1.82) is 0 Å². The van der Waals surface area contributed by atoms with Gasteiger partial charge in [-0.1, -0.05) is 6.92 Å². The maximum atomic E-state index is 13.4. The Hall–Kier alpha value is -0.180. The Bertz CT molecular complexity index is 304. The van der Waals surface area contributed by atoms with Crippen LogP contribution in [0.5, 0.6) is 0 Å². The number of rotatable bonds is 5. The van der Waals surface area contributed by atoms with Crippen LogP contribution in [0.4, 0.5) is 8.78 Å². The van der Waals surface area contributed by atoms with E-state index in [-0.39, 0.29) is 19.0 Å². The second-order valence-corrected chi connectivity index (χ2v) is 7.59. The Labute approximate surface area is 115 Å². The van der Waals surface area contributed by atoms with Crippen molar-refractivity contribution < 1.29 is 8.78 Å². The van der Waals surface area contributed by atoms with E-state index in [4.69, 9.17) is 0 Å². The van der Waals surface area contributed by atoms with Crippen LogP contribution in [0.15, 0.2) is 0 Å². The zero-order chi connectivity index (χ0) is 13.7. The topological polar surface area (TPSA) is 12.0 Å². The molecule has 4 bridgehead atoms. The van der Waals surface area contributed by atoms with Crippen molar-refractivity contribution >= 4 is 0 Å². The zero-order valence-electron chi connectivity index (χ0n) is 12.2. The van der Waals surface area contributed by atoms with Crippen molar-refractivity contribution in [1.82, 2.24) is 5.32 Å². The van der Waals surface area contributed by atoms with Gasteiger partial charge in [0.25, 0.3) is 5.92 Å². The van der Waals surface area contributed by atoms with Crippen LogP contribution in [-0.4, -0.2) is 18.5 Å². The summed E-state index contributed by atoms with van der Waals surface area (Å²) in [6.45, 7) is 3.57. The van der Waals surface area contributed by atoms with E-state index in [9.17, 15) is 8.78 Å². The largest absolute Gasteiger partial charge is 0.308 e. The van der Waals surface area contributed by atoms with E-state index in [0.29, 0.717) is 5.41 Å². The van der Waals surface area contributed by atoms with Crippen LogP contribution in [0.3, 0.4) is 0 Å². The maximum absolute atomic E-state index is 13.4. The van der Waals surface area contributed by atoms with E-state index in [0.717, 1.165) is 17.8 Å². The molecule has 0 aromatic rings. The Kier molecular flexibility index (Phi) is 3.40. The lowest BCUT2D eigenvalue weighted by molar-refractivity contribution is -0.0774. The van der Waals surface area contributed by atoms with E-state index in [2.05, 4.69) is 12.2 Å². The molecular formula is C16H27F2N. The summed E-state index contributed by atoms with van der Waals surface area (Å²) in [6.07, 6.45) is 8.03. The highest BCUT2D eigenvalue weighted by molar-refractivity contribution is 5.05. The second kappa shape index (κ2) is 4.68. The van der Waals surface area contributed by atoms with Gasteiger partial charge in [-0.2, -0.15) is 0 Å². The summed E-state index contributed by atoms with van der Waals surface area (Å²) in [5, 5.41) is 3.18. The van der Waals surface area contributed by atoms with Crippen molar-refractivity contribution in [2.75, 3.05) is 6.54 Å². The molecule has 4 rings (SSSR count). The first kappa shape index (κ1) is 13.8. The average molecular weight is 271 g/mol. The van der Waals surface area contributed by atoms with Gasteiger partial charge in [-0.3, -0.25) is 0 Å². The number of hydrogen-bond acceptors (Lipinski definition) is 1. The lowest BCUT2D eigenvalue weighted by atomic mass is 9.48. The fourth-order valence-corrected chi connectivity index (χ4v) is 5.35.